The molecule has 2 heteroatoms. The molecular weight excluding hydrogens is 172 g/mol. The third kappa shape index (κ3) is 2.29. The molecular formula is C12H25N2+. The summed E-state index contributed by atoms with van der Waals surface area (Å²) < 4.78 is 1.31. The third-order valence-electron chi connectivity index (χ3n) is 4.23. The van der Waals surface area contributed by atoms with E-state index in [1.54, 1.807) is 0 Å². The van der Waals surface area contributed by atoms with Gasteiger partial charge in [-0.3, -0.25) is 5.32 Å². The maximum atomic E-state index is 3.52. The molecule has 82 valence electrons. The number of nitrogens with one attached hydrogen (secondary N) is 1. The predicted molar refractivity (Wildman–Crippen MR) is 60.0 cm³/mol. The Morgan fingerprint density at radius 1 is 1.00 bits per heavy atom. The van der Waals surface area contributed by atoms with Crippen molar-refractivity contribution >= 4 is 0 Å². The standard InChI is InChI=1S/C12H25N2/c1-14(10-9-13-11-14)12-7-5-3-2-4-6-8-12/h12-13H,2-11H2,1H3/q+1. The second-order valence-electron chi connectivity index (χ2n) is 5.36. The monoisotopic (exact) mass is 197 g/mol. The van der Waals surface area contributed by atoms with Gasteiger partial charge in [-0.15, -0.1) is 0 Å². The average Bonchev–Trinajstić information content (AvgIpc) is 2.52. The fourth-order valence-electron chi connectivity index (χ4n) is 3.12. The van der Waals surface area contributed by atoms with Crippen LogP contribution in [0.2, 0.25) is 0 Å². The minimum absolute atomic E-state index is 0.949. The van der Waals surface area contributed by atoms with E-state index in [-0.39, 0.29) is 0 Å². The molecule has 0 aromatic rings. The van der Waals surface area contributed by atoms with Crippen LogP contribution >= 0.6 is 0 Å². The first-order valence-electron chi connectivity index (χ1n) is 6.36. The van der Waals surface area contributed by atoms with Crippen molar-refractivity contribution in [2.75, 3.05) is 26.8 Å². The molecule has 0 radical (unpaired) electrons. The van der Waals surface area contributed by atoms with Crippen LogP contribution in [0.1, 0.15) is 44.9 Å². The Labute approximate surface area is 88.3 Å². The second kappa shape index (κ2) is 4.63. The van der Waals surface area contributed by atoms with Gasteiger partial charge in [0.1, 0.15) is 6.67 Å². The van der Waals surface area contributed by atoms with Gasteiger partial charge in [0, 0.05) is 6.54 Å². The van der Waals surface area contributed by atoms with Crippen LogP contribution in [0.3, 0.4) is 0 Å². The summed E-state index contributed by atoms with van der Waals surface area (Å²) >= 11 is 0. The van der Waals surface area contributed by atoms with Crippen molar-refractivity contribution in [2.45, 2.75) is 51.0 Å². The Balaban J connectivity index is 1.92. The van der Waals surface area contributed by atoms with Crippen LogP contribution in [-0.2, 0) is 0 Å². The SMILES string of the molecule is C[N+]1(C2CCCCCCC2)CCNC1. The molecule has 1 aliphatic heterocycles. The molecule has 1 heterocycles. The molecule has 0 aromatic heterocycles. The first-order valence-corrected chi connectivity index (χ1v) is 6.36. The van der Waals surface area contributed by atoms with Gasteiger partial charge in [-0.05, 0) is 25.7 Å². The van der Waals surface area contributed by atoms with Gasteiger partial charge < -0.3 is 4.48 Å². The number of hydrogen-bond donors (Lipinski definition) is 1. The lowest BCUT2D eigenvalue weighted by atomic mass is 9.94. The van der Waals surface area contributed by atoms with Gasteiger partial charge in [-0.2, -0.15) is 0 Å². The molecule has 2 fully saturated rings. The number of hydrogen-bond acceptors (Lipinski definition) is 1. The van der Waals surface area contributed by atoms with Crippen molar-refractivity contribution in [1.29, 1.82) is 0 Å². The molecule has 2 rings (SSSR count). The minimum atomic E-state index is 0.949. The van der Waals surface area contributed by atoms with Gasteiger partial charge in [0.15, 0.2) is 0 Å². The van der Waals surface area contributed by atoms with E-state index in [0.29, 0.717) is 0 Å². The quantitative estimate of drug-likeness (QED) is 0.635. The molecule has 0 amide bonds. The number of rotatable bonds is 1. The smallest absolute Gasteiger partial charge is 0.132 e. The van der Waals surface area contributed by atoms with E-state index < -0.39 is 0 Å². The molecule has 1 saturated carbocycles. The van der Waals surface area contributed by atoms with Gasteiger partial charge >= 0.3 is 0 Å². The molecule has 0 aromatic carbocycles. The van der Waals surface area contributed by atoms with Crippen molar-refractivity contribution in [3.8, 4) is 0 Å². The van der Waals surface area contributed by atoms with Crippen molar-refractivity contribution < 1.29 is 4.48 Å². The third-order valence-corrected chi connectivity index (χ3v) is 4.23. The van der Waals surface area contributed by atoms with Crippen LogP contribution in [0.25, 0.3) is 0 Å². The molecule has 1 aliphatic carbocycles. The topological polar surface area (TPSA) is 12.0 Å². The molecule has 1 unspecified atom stereocenters. The van der Waals surface area contributed by atoms with Crippen LogP contribution < -0.4 is 5.32 Å². The van der Waals surface area contributed by atoms with E-state index >= 15 is 0 Å². The molecule has 1 atom stereocenters. The Bertz CT molecular complexity index is 165. The van der Waals surface area contributed by atoms with Crippen LogP contribution in [0, 0.1) is 0 Å². The van der Waals surface area contributed by atoms with Crippen LogP contribution in [-0.4, -0.2) is 37.3 Å². The molecule has 1 N–H and O–H groups in total. The summed E-state index contributed by atoms with van der Waals surface area (Å²) in [6.07, 6.45) is 10.3. The zero-order valence-corrected chi connectivity index (χ0v) is 9.60. The van der Waals surface area contributed by atoms with Gasteiger partial charge in [-0.25, -0.2) is 0 Å². The van der Waals surface area contributed by atoms with Gasteiger partial charge in [0.05, 0.1) is 19.6 Å². The van der Waals surface area contributed by atoms with E-state index in [0.717, 1.165) is 6.04 Å². The van der Waals surface area contributed by atoms with Crippen molar-refractivity contribution in [2.24, 2.45) is 0 Å². The fraction of sp³-hybridized carbons (Fsp3) is 1.00. The number of nitrogens with zero attached hydrogens (tertiary/aromatic N) is 1. The highest BCUT2D eigenvalue weighted by atomic mass is 15.4. The lowest BCUT2D eigenvalue weighted by molar-refractivity contribution is -0.923. The number of likely N-dealkylation sites (N-methyl/N-ethyl adjacent to an activating group) is 1. The summed E-state index contributed by atoms with van der Waals surface area (Å²) in [6.45, 7) is 3.79. The Hall–Kier alpha value is -0.0800. The van der Waals surface area contributed by atoms with E-state index in [4.69, 9.17) is 0 Å². The summed E-state index contributed by atoms with van der Waals surface area (Å²) in [6, 6.07) is 0.949. The van der Waals surface area contributed by atoms with Crippen LogP contribution in [0.4, 0.5) is 0 Å². The Morgan fingerprint density at radius 3 is 2.21 bits per heavy atom. The normalized spacial score (nSPS) is 36.6. The Morgan fingerprint density at radius 2 is 1.64 bits per heavy atom. The van der Waals surface area contributed by atoms with E-state index in [1.165, 1.54) is 69.2 Å². The Kier molecular flexibility index (Phi) is 3.45. The highest BCUT2D eigenvalue weighted by Gasteiger charge is 2.34. The summed E-state index contributed by atoms with van der Waals surface area (Å²) in [7, 11) is 2.45. The molecule has 1 saturated heterocycles. The predicted octanol–water partition coefficient (Wildman–Crippen LogP) is 2.11. The van der Waals surface area contributed by atoms with Crippen molar-refractivity contribution in [1.82, 2.24) is 5.32 Å². The van der Waals surface area contributed by atoms with Crippen molar-refractivity contribution in [3.63, 3.8) is 0 Å². The van der Waals surface area contributed by atoms with Gasteiger partial charge in [-0.1, -0.05) is 19.3 Å². The summed E-state index contributed by atoms with van der Waals surface area (Å²) in [4.78, 5) is 0. The zero-order valence-electron chi connectivity index (χ0n) is 9.60. The maximum Gasteiger partial charge on any atom is 0.132 e. The molecule has 2 aliphatic rings. The van der Waals surface area contributed by atoms with Gasteiger partial charge in [0.2, 0.25) is 0 Å². The molecule has 0 bridgehead atoms. The highest BCUT2D eigenvalue weighted by molar-refractivity contribution is 4.67. The second-order valence-corrected chi connectivity index (χ2v) is 5.36. The first-order chi connectivity index (χ1) is 6.81. The fourth-order valence-corrected chi connectivity index (χ4v) is 3.12. The molecule has 2 nitrogen and oxygen atoms in total. The lowest BCUT2D eigenvalue weighted by Crippen LogP contribution is -2.51. The average molecular weight is 197 g/mol. The minimum Gasteiger partial charge on any atom is -0.310 e. The van der Waals surface area contributed by atoms with E-state index in [1.807, 2.05) is 0 Å². The number of quaternary nitrogens is 1. The first kappa shape index (κ1) is 10.4. The van der Waals surface area contributed by atoms with E-state index in [9.17, 15) is 0 Å². The molecule has 14 heavy (non-hydrogen) atoms. The molecule has 0 spiro atoms. The van der Waals surface area contributed by atoms with Crippen molar-refractivity contribution in [3.05, 3.63) is 0 Å². The van der Waals surface area contributed by atoms with Crippen LogP contribution in [0.15, 0.2) is 0 Å². The largest absolute Gasteiger partial charge is 0.310 e. The summed E-state index contributed by atoms with van der Waals surface area (Å²) in [5, 5.41) is 3.52. The summed E-state index contributed by atoms with van der Waals surface area (Å²) in [5.41, 5.74) is 0. The maximum absolute atomic E-state index is 3.52. The highest BCUT2D eigenvalue weighted by Crippen LogP contribution is 2.26. The van der Waals surface area contributed by atoms with Gasteiger partial charge in [0.25, 0.3) is 0 Å². The lowest BCUT2D eigenvalue weighted by Gasteiger charge is -2.38. The van der Waals surface area contributed by atoms with Crippen LogP contribution in [0.5, 0.6) is 0 Å². The zero-order chi connectivity index (χ0) is 9.86. The van der Waals surface area contributed by atoms with E-state index in [2.05, 4.69) is 12.4 Å². The summed E-state index contributed by atoms with van der Waals surface area (Å²) in [5.74, 6) is 0.